The maximum atomic E-state index is 5.39. The molecule has 0 unspecified atom stereocenters. The Bertz CT molecular complexity index is 869. The lowest BCUT2D eigenvalue weighted by Crippen LogP contribution is -2.01. The number of oxime groups is 1. The van der Waals surface area contributed by atoms with E-state index in [9.17, 15) is 0 Å². The number of hydrogen-bond donors (Lipinski definition) is 0. The highest BCUT2D eigenvalue weighted by Gasteiger charge is 2.13. The Hall–Kier alpha value is -2.67. The average molecular weight is 339 g/mol. The first-order valence-electron chi connectivity index (χ1n) is 7.45. The fourth-order valence-electron chi connectivity index (χ4n) is 2.23. The van der Waals surface area contributed by atoms with E-state index in [1.807, 2.05) is 45.9 Å². The van der Waals surface area contributed by atoms with Gasteiger partial charge in [-0.2, -0.15) is 9.97 Å². The molecule has 3 aromatic rings. The van der Waals surface area contributed by atoms with Crippen LogP contribution in [0.4, 0.5) is 0 Å². The van der Waals surface area contributed by atoms with Gasteiger partial charge in [0.15, 0.2) is 0 Å². The molecule has 0 N–H and O–H groups in total. The lowest BCUT2D eigenvalue weighted by atomic mass is 10.3. The SMILES string of the molecule is CC(=NOc1nc(C)cc(C)n1)c1sc(-c2cccnc2)nc1C. The van der Waals surface area contributed by atoms with Crippen LogP contribution in [0.5, 0.6) is 6.01 Å². The predicted octanol–water partition coefficient (Wildman–Crippen LogP) is 3.72. The first kappa shape index (κ1) is 16.2. The van der Waals surface area contributed by atoms with Gasteiger partial charge >= 0.3 is 6.01 Å². The quantitative estimate of drug-likeness (QED) is 0.535. The summed E-state index contributed by atoms with van der Waals surface area (Å²) in [5.74, 6) is 0. The zero-order valence-electron chi connectivity index (χ0n) is 13.9. The monoisotopic (exact) mass is 339 g/mol. The Kier molecular flexibility index (Phi) is 4.61. The second-order valence-corrected chi connectivity index (χ2v) is 6.38. The summed E-state index contributed by atoms with van der Waals surface area (Å²) >= 11 is 1.56. The number of nitrogens with zero attached hydrogens (tertiary/aromatic N) is 5. The molecular formula is C17H17N5OS. The van der Waals surface area contributed by atoms with Gasteiger partial charge in [-0.1, -0.05) is 5.16 Å². The Balaban J connectivity index is 1.84. The van der Waals surface area contributed by atoms with E-state index >= 15 is 0 Å². The third kappa shape index (κ3) is 3.62. The molecule has 0 spiro atoms. The molecule has 0 amide bonds. The van der Waals surface area contributed by atoms with E-state index in [4.69, 9.17) is 4.84 Å². The van der Waals surface area contributed by atoms with Gasteiger partial charge in [-0.05, 0) is 45.9 Å². The molecule has 0 saturated heterocycles. The Morgan fingerprint density at radius 1 is 1.12 bits per heavy atom. The van der Waals surface area contributed by atoms with Gasteiger partial charge in [-0.3, -0.25) is 4.98 Å². The number of hydrogen-bond acceptors (Lipinski definition) is 7. The maximum absolute atomic E-state index is 5.39. The van der Waals surface area contributed by atoms with Crippen LogP contribution in [0.2, 0.25) is 0 Å². The van der Waals surface area contributed by atoms with E-state index < -0.39 is 0 Å². The minimum atomic E-state index is 0.251. The van der Waals surface area contributed by atoms with Crippen molar-refractivity contribution in [2.75, 3.05) is 0 Å². The lowest BCUT2D eigenvalue weighted by molar-refractivity contribution is 0.311. The molecule has 122 valence electrons. The molecule has 0 fully saturated rings. The van der Waals surface area contributed by atoms with Crippen LogP contribution in [-0.2, 0) is 0 Å². The third-order valence-corrected chi connectivity index (χ3v) is 4.57. The summed E-state index contributed by atoms with van der Waals surface area (Å²) in [5, 5.41) is 5.07. The zero-order valence-corrected chi connectivity index (χ0v) is 14.8. The minimum absolute atomic E-state index is 0.251. The molecule has 3 aromatic heterocycles. The van der Waals surface area contributed by atoms with Gasteiger partial charge in [0.05, 0.1) is 16.3 Å². The van der Waals surface area contributed by atoms with E-state index in [-0.39, 0.29) is 6.01 Å². The molecule has 0 atom stereocenters. The number of pyridine rings is 1. The van der Waals surface area contributed by atoms with Gasteiger partial charge in [0.25, 0.3) is 0 Å². The van der Waals surface area contributed by atoms with Crippen molar-refractivity contribution in [2.45, 2.75) is 27.7 Å². The fraction of sp³-hybridized carbons (Fsp3) is 0.235. The Labute approximate surface area is 144 Å². The van der Waals surface area contributed by atoms with Crippen LogP contribution < -0.4 is 4.84 Å². The zero-order chi connectivity index (χ0) is 17.1. The average Bonchev–Trinajstić information content (AvgIpc) is 2.94. The standard InChI is InChI=1S/C17H17N5OS/c1-10-8-11(2)20-17(19-10)23-22-13(4)15-12(3)21-16(24-15)14-6-5-7-18-9-14/h5-9H,1-4H3. The molecule has 0 aliphatic carbocycles. The van der Waals surface area contributed by atoms with E-state index in [0.29, 0.717) is 0 Å². The van der Waals surface area contributed by atoms with Crippen molar-refractivity contribution in [3.05, 3.63) is 52.6 Å². The normalized spacial score (nSPS) is 11.6. The van der Waals surface area contributed by atoms with Gasteiger partial charge in [0.2, 0.25) is 0 Å². The molecule has 6 nitrogen and oxygen atoms in total. The molecule has 3 rings (SSSR count). The smallest absolute Gasteiger partial charge is 0.315 e. The molecule has 0 radical (unpaired) electrons. The predicted molar refractivity (Wildman–Crippen MR) is 94.4 cm³/mol. The van der Waals surface area contributed by atoms with Crippen molar-refractivity contribution in [3.63, 3.8) is 0 Å². The summed E-state index contributed by atoms with van der Waals surface area (Å²) in [6, 6.07) is 6.02. The molecule has 0 aliphatic rings. The molecule has 0 aliphatic heterocycles. The van der Waals surface area contributed by atoms with E-state index in [0.717, 1.165) is 38.2 Å². The summed E-state index contributed by atoms with van der Waals surface area (Å²) in [4.78, 5) is 23.5. The summed E-state index contributed by atoms with van der Waals surface area (Å²) in [6.07, 6.45) is 3.55. The van der Waals surface area contributed by atoms with E-state index in [1.165, 1.54) is 0 Å². The number of aromatic nitrogens is 4. The van der Waals surface area contributed by atoms with Crippen LogP contribution in [0.3, 0.4) is 0 Å². The molecule has 0 saturated carbocycles. The number of thiazole rings is 1. The molecule has 0 bridgehead atoms. The minimum Gasteiger partial charge on any atom is -0.315 e. The fourth-order valence-corrected chi connectivity index (χ4v) is 3.22. The molecular weight excluding hydrogens is 322 g/mol. The van der Waals surface area contributed by atoms with Crippen molar-refractivity contribution < 1.29 is 4.84 Å². The molecule has 7 heteroatoms. The maximum Gasteiger partial charge on any atom is 0.346 e. The molecule has 0 aromatic carbocycles. The van der Waals surface area contributed by atoms with Crippen molar-refractivity contribution in [1.82, 2.24) is 19.9 Å². The second-order valence-electron chi connectivity index (χ2n) is 5.38. The van der Waals surface area contributed by atoms with Crippen molar-refractivity contribution in [1.29, 1.82) is 0 Å². The second kappa shape index (κ2) is 6.84. The highest BCUT2D eigenvalue weighted by Crippen LogP contribution is 2.27. The van der Waals surface area contributed by atoms with Gasteiger partial charge in [-0.15, -0.1) is 11.3 Å². The number of rotatable bonds is 4. The lowest BCUT2D eigenvalue weighted by Gasteiger charge is -2.01. The summed E-state index contributed by atoms with van der Waals surface area (Å²) < 4.78 is 0. The molecule has 3 heterocycles. The first-order valence-corrected chi connectivity index (χ1v) is 8.26. The van der Waals surface area contributed by atoms with Gasteiger partial charge in [-0.25, -0.2) is 4.98 Å². The molecule has 24 heavy (non-hydrogen) atoms. The van der Waals surface area contributed by atoms with Gasteiger partial charge < -0.3 is 4.84 Å². The highest BCUT2D eigenvalue weighted by atomic mass is 32.1. The third-order valence-electron chi connectivity index (χ3n) is 3.26. The van der Waals surface area contributed by atoms with Crippen LogP contribution >= 0.6 is 11.3 Å². The van der Waals surface area contributed by atoms with Gasteiger partial charge in [0, 0.05) is 29.3 Å². The Morgan fingerprint density at radius 3 is 2.54 bits per heavy atom. The van der Waals surface area contributed by atoms with Crippen LogP contribution in [-0.4, -0.2) is 25.6 Å². The van der Waals surface area contributed by atoms with Gasteiger partial charge in [0.1, 0.15) is 5.01 Å². The van der Waals surface area contributed by atoms with Crippen LogP contribution in [0.25, 0.3) is 10.6 Å². The van der Waals surface area contributed by atoms with Crippen molar-refractivity contribution in [3.8, 4) is 16.6 Å². The largest absolute Gasteiger partial charge is 0.346 e. The van der Waals surface area contributed by atoms with Crippen LogP contribution in [0.15, 0.2) is 35.7 Å². The topological polar surface area (TPSA) is 73.2 Å². The van der Waals surface area contributed by atoms with E-state index in [2.05, 4.69) is 25.1 Å². The van der Waals surface area contributed by atoms with Crippen LogP contribution in [0.1, 0.15) is 28.9 Å². The first-order chi connectivity index (χ1) is 11.5. The summed E-state index contributed by atoms with van der Waals surface area (Å²) in [6.45, 7) is 7.63. The Morgan fingerprint density at radius 2 is 1.88 bits per heavy atom. The highest BCUT2D eigenvalue weighted by molar-refractivity contribution is 7.17. The van der Waals surface area contributed by atoms with E-state index in [1.54, 1.807) is 23.7 Å². The van der Waals surface area contributed by atoms with Crippen LogP contribution in [0, 0.1) is 20.8 Å². The van der Waals surface area contributed by atoms with Crippen molar-refractivity contribution in [2.24, 2.45) is 5.16 Å². The van der Waals surface area contributed by atoms with Crippen molar-refractivity contribution >= 4 is 17.0 Å². The summed E-state index contributed by atoms with van der Waals surface area (Å²) in [7, 11) is 0. The number of aryl methyl sites for hydroxylation is 3. The summed E-state index contributed by atoms with van der Waals surface area (Å²) in [5.41, 5.74) is 4.33.